The lowest BCUT2D eigenvalue weighted by atomic mass is 10.2. The van der Waals surface area contributed by atoms with Crippen LogP contribution in [0, 0.1) is 0 Å². The summed E-state index contributed by atoms with van der Waals surface area (Å²) in [5.74, 6) is -0.641. The maximum absolute atomic E-state index is 10.9. The summed E-state index contributed by atoms with van der Waals surface area (Å²) in [6.45, 7) is 12.6. The molecule has 6 nitrogen and oxygen atoms in total. The second-order valence-electron chi connectivity index (χ2n) is 5.73. The monoisotopic (exact) mass is 327 g/mol. The molecule has 0 aromatic rings. The fourth-order valence-electron chi connectivity index (χ4n) is 1.51. The summed E-state index contributed by atoms with van der Waals surface area (Å²) in [5.41, 5.74) is 0.886. The van der Waals surface area contributed by atoms with Crippen LogP contribution in [0.1, 0.15) is 26.7 Å². The number of hydrogen-bond acceptors (Lipinski definition) is 6. The summed E-state index contributed by atoms with van der Waals surface area (Å²) in [4.78, 5) is 23.7. The van der Waals surface area contributed by atoms with Crippen molar-refractivity contribution in [3.05, 3.63) is 24.3 Å². The van der Waals surface area contributed by atoms with Crippen molar-refractivity contribution < 1.29 is 23.8 Å². The fourth-order valence-corrected chi connectivity index (χ4v) is 1.51. The summed E-state index contributed by atoms with van der Waals surface area (Å²) in [6, 6.07) is 0. The van der Waals surface area contributed by atoms with Crippen LogP contribution in [0.4, 0.5) is 0 Å². The minimum atomic E-state index is -0.328. The van der Waals surface area contributed by atoms with Gasteiger partial charge in [0.1, 0.15) is 13.2 Å². The van der Waals surface area contributed by atoms with Gasteiger partial charge in [-0.3, -0.25) is 0 Å². The van der Waals surface area contributed by atoms with Crippen molar-refractivity contribution in [2.75, 3.05) is 40.5 Å². The van der Waals surface area contributed by atoms with Crippen molar-refractivity contribution in [2.24, 2.45) is 0 Å². The van der Waals surface area contributed by atoms with Crippen molar-refractivity contribution in [3.8, 4) is 0 Å². The van der Waals surface area contributed by atoms with Crippen LogP contribution in [0.15, 0.2) is 24.3 Å². The van der Waals surface area contributed by atoms with Crippen molar-refractivity contribution in [2.45, 2.75) is 32.8 Å². The minimum absolute atomic E-state index is 0.105. The largest absolute Gasteiger partial charge is 0.461 e. The maximum atomic E-state index is 10.9. The second-order valence-corrected chi connectivity index (χ2v) is 5.73. The Labute approximate surface area is 139 Å². The second kappa shape index (κ2) is 11.8. The molecule has 0 aliphatic carbocycles. The zero-order valence-electron chi connectivity index (χ0n) is 14.7. The Kier molecular flexibility index (Phi) is 11.0. The average molecular weight is 327 g/mol. The molecule has 132 valence electrons. The lowest BCUT2D eigenvalue weighted by Crippen LogP contribution is -2.20. The molecule has 1 unspecified atom stereocenters. The van der Waals surface area contributed by atoms with Crippen LogP contribution in [0.25, 0.3) is 0 Å². The van der Waals surface area contributed by atoms with Gasteiger partial charge in [-0.15, -0.1) is 0 Å². The minimum Gasteiger partial charge on any atom is -0.461 e. The van der Waals surface area contributed by atoms with Gasteiger partial charge in [-0.05, 0) is 40.8 Å². The van der Waals surface area contributed by atoms with E-state index in [4.69, 9.17) is 14.2 Å². The first-order chi connectivity index (χ1) is 10.7. The van der Waals surface area contributed by atoms with Gasteiger partial charge in [-0.2, -0.15) is 0 Å². The Bertz CT molecular complexity index is 411. The molecular weight excluding hydrogens is 298 g/mol. The number of carbonyl (C=O) groups is 2. The molecule has 0 radical (unpaired) electrons. The van der Waals surface area contributed by atoms with Gasteiger partial charge < -0.3 is 19.1 Å². The van der Waals surface area contributed by atoms with E-state index in [1.807, 2.05) is 19.0 Å². The van der Waals surface area contributed by atoms with Crippen molar-refractivity contribution in [1.29, 1.82) is 0 Å². The molecule has 1 aliphatic heterocycles. The Morgan fingerprint density at radius 1 is 1.13 bits per heavy atom. The number of nitrogens with zero attached hydrogens (tertiary/aromatic N) is 1. The molecule has 0 aromatic heterocycles. The first kappa shape index (κ1) is 21.3. The van der Waals surface area contributed by atoms with Gasteiger partial charge in [0.25, 0.3) is 0 Å². The number of hydrogen-bond donors (Lipinski definition) is 0. The predicted octanol–water partition coefficient (Wildman–Crippen LogP) is 1.95. The smallest absolute Gasteiger partial charge is 0.333 e. The highest BCUT2D eigenvalue weighted by Gasteiger charge is 2.17. The Morgan fingerprint density at radius 3 is 2.13 bits per heavy atom. The third kappa shape index (κ3) is 11.5. The predicted molar refractivity (Wildman–Crippen MR) is 89.1 cm³/mol. The highest BCUT2D eigenvalue weighted by Crippen LogP contribution is 2.12. The number of esters is 2. The molecule has 1 saturated heterocycles. The molecule has 1 rings (SSSR count). The molecule has 23 heavy (non-hydrogen) atoms. The molecule has 1 atom stereocenters. The Balaban J connectivity index is 0.000000423. The highest BCUT2D eigenvalue weighted by molar-refractivity contribution is 5.87. The van der Waals surface area contributed by atoms with Gasteiger partial charge in [0.05, 0.1) is 6.10 Å². The lowest BCUT2D eigenvalue weighted by Gasteiger charge is -2.09. The standard InChI is InChI=1S/C9H14O3.C8H15NO2/c1-7(2)9(10)12-6-8-4-3-5-11-8;1-7(2)8(10)11-6-5-9(3)4/h8H,1,3-6H2,2H3;1,5-6H2,2-4H3. The summed E-state index contributed by atoms with van der Waals surface area (Å²) >= 11 is 0. The van der Waals surface area contributed by atoms with E-state index >= 15 is 0 Å². The summed E-state index contributed by atoms with van der Waals surface area (Å²) in [6.07, 6.45) is 2.16. The zero-order valence-corrected chi connectivity index (χ0v) is 14.7. The van der Waals surface area contributed by atoms with E-state index in [1.165, 1.54) is 0 Å². The SMILES string of the molecule is C=C(C)C(=O)OCC1CCCO1.C=C(C)C(=O)OCCN(C)C. The highest BCUT2D eigenvalue weighted by atomic mass is 16.6. The van der Waals surface area contributed by atoms with Gasteiger partial charge in [0.15, 0.2) is 0 Å². The number of ether oxygens (including phenoxy) is 3. The van der Waals surface area contributed by atoms with Gasteiger partial charge in [0, 0.05) is 24.3 Å². The first-order valence-electron chi connectivity index (χ1n) is 7.65. The lowest BCUT2D eigenvalue weighted by molar-refractivity contribution is -0.142. The van der Waals surface area contributed by atoms with Crippen LogP contribution < -0.4 is 0 Å². The maximum Gasteiger partial charge on any atom is 0.333 e. The quantitative estimate of drug-likeness (QED) is 0.526. The summed E-state index contributed by atoms with van der Waals surface area (Å²) in [7, 11) is 3.85. The van der Waals surface area contributed by atoms with E-state index in [0.29, 0.717) is 24.4 Å². The molecule has 1 aliphatic rings. The molecule has 0 spiro atoms. The molecule has 6 heteroatoms. The van der Waals surface area contributed by atoms with Crippen molar-refractivity contribution in [1.82, 2.24) is 4.90 Å². The van der Waals surface area contributed by atoms with Crippen molar-refractivity contribution >= 4 is 11.9 Å². The third-order valence-electron chi connectivity index (χ3n) is 2.89. The normalized spacial score (nSPS) is 16.3. The zero-order chi connectivity index (χ0) is 17.8. The van der Waals surface area contributed by atoms with E-state index < -0.39 is 0 Å². The first-order valence-corrected chi connectivity index (χ1v) is 7.65. The van der Waals surface area contributed by atoms with Crippen molar-refractivity contribution in [3.63, 3.8) is 0 Å². The van der Waals surface area contributed by atoms with Crippen LogP contribution in [-0.4, -0.2) is 63.4 Å². The molecule has 0 saturated carbocycles. The van der Waals surface area contributed by atoms with Gasteiger partial charge in [-0.25, -0.2) is 9.59 Å². The van der Waals surface area contributed by atoms with E-state index in [2.05, 4.69) is 13.2 Å². The van der Waals surface area contributed by atoms with Gasteiger partial charge in [0.2, 0.25) is 0 Å². The van der Waals surface area contributed by atoms with E-state index in [0.717, 1.165) is 26.0 Å². The number of carbonyl (C=O) groups excluding carboxylic acids is 2. The van der Waals surface area contributed by atoms with Crippen LogP contribution in [0.2, 0.25) is 0 Å². The Hall–Kier alpha value is -1.66. The molecule has 0 bridgehead atoms. The molecule has 1 heterocycles. The van der Waals surface area contributed by atoms with Crippen LogP contribution in [-0.2, 0) is 23.8 Å². The molecule has 0 amide bonds. The molecule has 1 fully saturated rings. The molecule has 0 aromatic carbocycles. The van der Waals surface area contributed by atoms with E-state index in [9.17, 15) is 9.59 Å². The van der Waals surface area contributed by atoms with E-state index in [1.54, 1.807) is 13.8 Å². The summed E-state index contributed by atoms with van der Waals surface area (Å²) in [5, 5.41) is 0. The Morgan fingerprint density at radius 2 is 1.70 bits per heavy atom. The number of rotatable bonds is 7. The van der Waals surface area contributed by atoms with Crippen LogP contribution in [0.5, 0.6) is 0 Å². The molecular formula is C17H29NO5. The number of likely N-dealkylation sites (N-methyl/N-ethyl adjacent to an activating group) is 1. The third-order valence-corrected chi connectivity index (χ3v) is 2.89. The van der Waals surface area contributed by atoms with Gasteiger partial charge >= 0.3 is 11.9 Å². The average Bonchev–Trinajstić information content (AvgIpc) is 2.97. The van der Waals surface area contributed by atoms with Gasteiger partial charge in [-0.1, -0.05) is 13.2 Å². The van der Waals surface area contributed by atoms with Crippen LogP contribution >= 0.6 is 0 Å². The summed E-state index contributed by atoms with van der Waals surface area (Å²) < 4.78 is 15.0. The molecule has 0 N–H and O–H groups in total. The van der Waals surface area contributed by atoms with Crippen LogP contribution in [0.3, 0.4) is 0 Å². The fraction of sp³-hybridized carbons (Fsp3) is 0.647. The van der Waals surface area contributed by atoms with E-state index in [-0.39, 0.29) is 18.0 Å². The topological polar surface area (TPSA) is 65.1 Å².